The first-order valence-corrected chi connectivity index (χ1v) is 4.53. The molecule has 1 aromatic carbocycles. The zero-order valence-electron chi connectivity index (χ0n) is 8.01. The van der Waals surface area contributed by atoms with Gasteiger partial charge < -0.3 is 9.90 Å². The van der Waals surface area contributed by atoms with Crippen molar-refractivity contribution >= 4 is 11.7 Å². The second kappa shape index (κ2) is 5.09. The highest BCUT2D eigenvalue weighted by atomic mass is 16.6. The molecule has 0 fully saturated rings. The average Bonchev–Trinajstić information content (AvgIpc) is 2.18. The molecule has 0 amide bonds. The maximum Gasteiger partial charge on any atom is 0.269 e. The third kappa shape index (κ3) is 3.76. The molecule has 0 aromatic heterocycles. The summed E-state index contributed by atoms with van der Waals surface area (Å²) in [5.74, 6) is -1.07. The summed E-state index contributed by atoms with van der Waals surface area (Å²) in [4.78, 5) is 20.0. The molecule has 0 spiro atoms. The molecule has 5 heteroatoms. The summed E-state index contributed by atoms with van der Waals surface area (Å²) in [6.45, 7) is 0. The van der Waals surface area contributed by atoms with Crippen LogP contribution in [0.25, 0.3) is 0 Å². The van der Waals surface area contributed by atoms with E-state index < -0.39 is 10.9 Å². The number of non-ortho nitro benzene ring substituents is 1. The van der Waals surface area contributed by atoms with Crippen molar-refractivity contribution in [1.29, 1.82) is 0 Å². The maximum atomic E-state index is 10.3. The number of nitrogens with zero attached hydrogens (tertiary/aromatic N) is 1. The van der Waals surface area contributed by atoms with Crippen LogP contribution >= 0.6 is 0 Å². The molecular weight excluding hydrogens is 198 g/mol. The van der Waals surface area contributed by atoms with Crippen LogP contribution in [0.5, 0.6) is 0 Å². The van der Waals surface area contributed by atoms with Gasteiger partial charge in [-0.15, -0.1) is 0 Å². The van der Waals surface area contributed by atoms with Gasteiger partial charge in [-0.3, -0.25) is 10.1 Å². The number of aliphatic carboxylic acids is 1. The van der Waals surface area contributed by atoms with Gasteiger partial charge in [0.2, 0.25) is 0 Å². The van der Waals surface area contributed by atoms with Crippen LogP contribution in [0.4, 0.5) is 5.69 Å². The fourth-order valence-electron chi connectivity index (χ4n) is 1.22. The molecule has 0 aliphatic rings. The van der Waals surface area contributed by atoms with Crippen LogP contribution in [0.2, 0.25) is 0 Å². The number of rotatable bonds is 5. The van der Waals surface area contributed by atoms with Crippen molar-refractivity contribution in [3.8, 4) is 0 Å². The van der Waals surface area contributed by atoms with Gasteiger partial charge in [0.15, 0.2) is 0 Å². The summed E-state index contributed by atoms with van der Waals surface area (Å²) in [7, 11) is 0. The first kappa shape index (κ1) is 11.2. The molecule has 0 aliphatic carbocycles. The standard InChI is InChI=1S/C10H11NO4/c12-10(13)3-1-2-8-4-6-9(7-5-8)11(14)15/h4-7H,1-3H2,(H,12,13)/p-1. The minimum atomic E-state index is -1.07. The lowest BCUT2D eigenvalue weighted by molar-refractivity contribution is -0.384. The second-order valence-corrected chi connectivity index (χ2v) is 3.15. The topological polar surface area (TPSA) is 83.3 Å². The number of hydrogen-bond acceptors (Lipinski definition) is 4. The fourth-order valence-corrected chi connectivity index (χ4v) is 1.22. The Morgan fingerprint density at radius 1 is 1.27 bits per heavy atom. The Kier molecular flexibility index (Phi) is 3.79. The first-order chi connectivity index (χ1) is 7.09. The fraction of sp³-hybridized carbons (Fsp3) is 0.300. The number of benzene rings is 1. The highest BCUT2D eigenvalue weighted by molar-refractivity contribution is 5.64. The molecule has 80 valence electrons. The zero-order valence-corrected chi connectivity index (χ0v) is 8.01. The van der Waals surface area contributed by atoms with Gasteiger partial charge >= 0.3 is 0 Å². The van der Waals surface area contributed by atoms with Crippen LogP contribution in [-0.2, 0) is 11.2 Å². The van der Waals surface area contributed by atoms with Crippen molar-refractivity contribution in [3.05, 3.63) is 39.9 Å². The number of carboxylic acid groups (broad SMARTS) is 1. The summed E-state index contributed by atoms with van der Waals surface area (Å²) >= 11 is 0. The van der Waals surface area contributed by atoms with Crippen LogP contribution in [0.1, 0.15) is 18.4 Å². The monoisotopic (exact) mass is 208 g/mol. The molecule has 0 N–H and O–H groups in total. The van der Waals surface area contributed by atoms with Gasteiger partial charge in [0.05, 0.1) is 4.92 Å². The van der Waals surface area contributed by atoms with Crippen LogP contribution < -0.4 is 5.11 Å². The van der Waals surface area contributed by atoms with Gasteiger partial charge in [-0.2, -0.15) is 0 Å². The molecule has 0 saturated heterocycles. The number of nitro groups is 1. The Labute approximate surface area is 86.5 Å². The summed E-state index contributed by atoms with van der Waals surface area (Å²) in [5.41, 5.74) is 0.931. The van der Waals surface area contributed by atoms with E-state index in [-0.39, 0.29) is 12.1 Å². The smallest absolute Gasteiger partial charge is 0.269 e. The highest BCUT2D eigenvalue weighted by Gasteiger charge is 2.03. The van der Waals surface area contributed by atoms with Gasteiger partial charge in [0, 0.05) is 18.1 Å². The van der Waals surface area contributed by atoms with Gasteiger partial charge in [0.1, 0.15) is 0 Å². The molecule has 0 heterocycles. The number of carboxylic acids is 1. The van der Waals surface area contributed by atoms with Crippen LogP contribution in [-0.4, -0.2) is 10.9 Å². The molecular formula is C10H10NO4-. The van der Waals surface area contributed by atoms with E-state index in [1.165, 1.54) is 12.1 Å². The minimum Gasteiger partial charge on any atom is -0.550 e. The summed E-state index contributed by atoms with van der Waals surface area (Å²) < 4.78 is 0. The van der Waals surface area contributed by atoms with Crippen molar-refractivity contribution in [3.63, 3.8) is 0 Å². The highest BCUT2D eigenvalue weighted by Crippen LogP contribution is 2.13. The van der Waals surface area contributed by atoms with Gasteiger partial charge in [-0.25, -0.2) is 0 Å². The molecule has 0 atom stereocenters. The Bertz CT molecular complexity index is 358. The van der Waals surface area contributed by atoms with Crippen molar-refractivity contribution in [1.82, 2.24) is 0 Å². The number of carbonyl (C=O) groups excluding carboxylic acids is 1. The SMILES string of the molecule is O=C([O-])CCCc1ccc([N+](=O)[O-])cc1. The Hall–Kier alpha value is -1.91. The van der Waals surface area contributed by atoms with Crippen molar-refractivity contribution < 1.29 is 14.8 Å². The number of aryl methyl sites for hydroxylation is 1. The first-order valence-electron chi connectivity index (χ1n) is 4.53. The van der Waals surface area contributed by atoms with Crippen molar-refractivity contribution in [2.24, 2.45) is 0 Å². The second-order valence-electron chi connectivity index (χ2n) is 3.15. The Morgan fingerprint density at radius 3 is 2.33 bits per heavy atom. The predicted molar refractivity (Wildman–Crippen MR) is 51.0 cm³/mol. The molecule has 1 aromatic rings. The van der Waals surface area contributed by atoms with Crippen LogP contribution in [0.15, 0.2) is 24.3 Å². The van der Waals surface area contributed by atoms with E-state index in [1.807, 2.05) is 0 Å². The van der Waals surface area contributed by atoms with E-state index in [2.05, 4.69) is 0 Å². The molecule has 0 saturated carbocycles. The quantitative estimate of drug-likeness (QED) is 0.525. The largest absolute Gasteiger partial charge is 0.550 e. The molecule has 0 unspecified atom stereocenters. The van der Waals surface area contributed by atoms with E-state index in [1.54, 1.807) is 12.1 Å². The zero-order chi connectivity index (χ0) is 11.3. The molecule has 1 rings (SSSR count). The lowest BCUT2D eigenvalue weighted by Crippen LogP contribution is -2.21. The third-order valence-corrected chi connectivity index (χ3v) is 1.99. The summed E-state index contributed by atoms with van der Waals surface area (Å²) in [6, 6.07) is 6.09. The van der Waals surface area contributed by atoms with Crippen molar-refractivity contribution in [2.45, 2.75) is 19.3 Å². The third-order valence-electron chi connectivity index (χ3n) is 1.99. The lowest BCUT2D eigenvalue weighted by Gasteiger charge is -2.02. The molecule has 0 radical (unpaired) electrons. The number of nitro benzene ring substituents is 1. The van der Waals surface area contributed by atoms with Crippen molar-refractivity contribution in [2.75, 3.05) is 0 Å². The lowest BCUT2D eigenvalue weighted by atomic mass is 10.1. The van der Waals surface area contributed by atoms with Gasteiger partial charge in [-0.1, -0.05) is 12.1 Å². The maximum absolute atomic E-state index is 10.3. The number of carbonyl (C=O) groups is 1. The van der Waals surface area contributed by atoms with Crippen LogP contribution in [0.3, 0.4) is 0 Å². The van der Waals surface area contributed by atoms with Gasteiger partial charge in [0.25, 0.3) is 5.69 Å². The normalized spacial score (nSPS) is 9.87. The minimum absolute atomic E-state index is 0.0109. The van der Waals surface area contributed by atoms with E-state index in [9.17, 15) is 20.0 Å². The van der Waals surface area contributed by atoms with Gasteiger partial charge in [-0.05, 0) is 24.8 Å². The Morgan fingerprint density at radius 2 is 1.87 bits per heavy atom. The molecule has 0 aliphatic heterocycles. The Balaban J connectivity index is 2.50. The molecule has 5 nitrogen and oxygen atoms in total. The molecule has 15 heavy (non-hydrogen) atoms. The predicted octanol–water partition coefficient (Wildman–Crippen LogP) is 0.667. The number of hydrogen-bond donors (Lipinski definition) is 0. The van der Waals surface area contributed by atoms with Crippen LogP contribution in [0, 0.1) is 10.1 Å². The van der Waals surface area contributed by atoms with E-state index in [4.69, 9.17) is 0 Å². The van der Waals surface area contributed by atoms with E-state index >= 15 is 0 Å². The van der Waals surface area contributed by atoms with E-state index in [0.29, 0.717) is 12.8 Å². The average molecular weight is 208 g/mol. The van der Waals surface area contributed by atoms with E-state index in [0.717, 1.165) is 5.56 Å². The summed E-state index contributed by atoms with van der Waals surface area (Å²) in [6.07, 6.45) is 1.09. The summed E-state index contributed by atoms with van der Waals surface area (Å²) in [5, 5.41) is 20.5. The molecule has 0 bridgehead atoms.